The summed E-state index contributed by atoms with van der Waals surface area (Å²) in [5.41, 5.74) is 7.87. The van der Waals surface area contributed by atoms with Gasteiger partial charge in [0.15, 0.2) is 0 Å². The summed E-state index contributed by atoms with van der Waals surface area (Å²) in [7, 11) is 0. The molecular formula is C38H28N2S. The number of aromatic nitrogens is 2. The van der Waals surface area contributed by atoms with Crippen molar-refractivity contribution in [2.45, 2.75) is 26.9 Å². The smallest absolute Gasteiger partial charge is 0.0497 e. The van der Waals surface area contributed by atoms with E-state index in [1.54, 1.807) is 0 Å². The van der Waals surface area contributed by atoms with Crippen LogP contribution in [0.3, 0.4) is 0 Å². The van der Waals surface area contributed by atoms with Crippen molar-refractivity contribution < 1.29 is 0 Å². The molecule has 0 saturated heterocycles. The predicted octanol–water partition coefficient (Wildman–Crippen LogP) is 11.1. The van der Waals surface area contributed by atoms with Gasteiger partial charge in [0.25, 0.3) is 0 Å². The molecule has 0 aliphatic rings. The summed E-state index contributed by atoms with van der Waals surface area (Å²) in [5, 5.41) is 10.7. The molecule has 0 spiro atoms. The number of rotatable bonds is 3. The Balaban J connectivity index is 1.48. The van der Waals surface area contributed by atoms with Crippen LogP contribution in [0.5, 0.6) is 0 Å². The minimum absolute atomic E-state index is 0.950. The lowest BCUT2D eigenvalue weighted by Crippen LogP contribution is -1.93. The molecule has 0 bridgehead atoms. The molecule has 3 heterocycles. The molecule has 0 radical (unpaired) electrons. The third kappa shape index (κ3) is 3.07. The lowest BCUT2D eigenvalue weighted by Gasteiger charge is -2.13. The van der Waals surface area contributed by atoms with Gasteiger partial charge in [-0.05, 0) is 84.3 Å². The van der Waals surface area contributed by atoms with Crippen molar-refractivity contribution in [1.82, 2.24) is 9.13 Å². The van der Waals surface area contributed by atoms with Gasteiger partial charge >= 0.3 is 0 Å². The molecule has 2 nitrogen and oxygen atoms in total. The first-order valence-electron chi connectivity index (χ1n) is 14.6. The van der Waals surface area contributed by atoms with Crippen molar-refractivity contribution in [2.24, 2.45) is 0 Å². The molecule has 0 unspecified atom stereocenters. The molecule has 196 valence electrons. The summed E-state index contributed by atoms with van der Waals surface area (Å²) in [5.74, 6) is 0. The van der Waals surface area contributed by atoms with Gasteiger partial charge in [-0.1, -0.05) is 60.7 Å². The highest BCUT2D eigenvalue weighted by Crippen LogP contribution is 2.47. The Morgan fingerprint density at radius 1 is 0.488 bits per heavy atom. The van der Waals surface area contributed by atoms with Crippen LogP contribution in [0.4, 0.5) is 0 Å². The molecule has 9 rings (SSSR count). The first-order valence-corrected chi connectivity index (χ1v) is 15.4. The number of thiophene rings is 1. The Bertz CT molecular complexity index is 2500. The van der Waals surface area contributed by atoms with E-state index in [0.717, 1.165) is 13.1 Å². The Morgan fingerprint density at radius 3 is 1.83 bits per heavy atom. The molecule has 0 aliphatic heterocycles. The Labute approximate surface area is 241 Å². The van der Waals surface area contributed by atoms with E-state index >= 15 is 0 Å². The van der Waals surface area contributed by atoms with Gasteiger partial charge in [-0.15, -0.1) is 11.3 Å². The van der Waals surface area contributed by atoms with E-state index in [0.29, 0.717) is 0 Å². The van der Waals surface area contributed by atoms with E-state index < -0.39 is 0 Å². The average Bonchev–Trinajstić information content (AvgIpc) is 3.65. The summed E-state index contributed by atoms with van der Waals surface area (Å²) >= 11 is 1.91. The molecule has 0 aliphatic carbocycles. The van der Waals surface area contributed by atoms with Crippen LogP contribution in [0.25, 0.3) is 85.7 Å². The summed E-state index contributed by atoms with van der Waals surface area (Å²) < 4.78 is 7.60. The molecule has 3 heteroatoms. The van der Waals surface area contributed by atoms with E-state index in [-0.39, 0.29) is 0 Å². The maximum absolute atomic E-state index is 2.47. The molecular weight excluding hydrogens is 516 g/mol. The first-order chi connectivity index (χ1) is 20.2. The highest BCUT2D eigenvalue weighted by atomic mass is 32.1. The summed E-state index contributed by atoms with van der Waals surface area (Å²) in [6, 6.07) is 41.1. The van der Waals surface area contributed by atoms with Crippen molar-refractivity contribution >= 4 is 85.9 Å². The second-order valence-electron chi connectivity index (χ2n) is 11.1. The average molecular weight is 545 g/mol. The maximum Gasteiger partial charge on any atom is 0.0497 e. The number of hydrogen-bond acceptors (Lipinski definition) is 1. The zero-order valence-corrected chi connectivity index (χ0v) is 23.9. The minimum Gasteiger partial charge on any atom is -0.341 e. The zero-order valence-electron chi connectivity index (χ0n) is 23.1. The maximum atomic E-state index is 2.47. The molecule has 41 heavy (non-hydrogen) atoms. The van der Waals surface area contributed by atoms with Crippen molar-refractivity contribution in [3.05, 3.63) is 109 Å². The van der Waals surface area contributed by atoms with Crippen LogP contribution in [0.15, 0.2) is 109 Å². The quantitative estimate of drug-likeness (QED) is 0.209. The summed E-state index contributed by atoms with van der Waals surface area (Å²) in [6.45, 7) is 6.39. The molecule has 3 aromatic heterocycles. The fourth-order valence-corrected chi connectivity index (χ4v) is 8.50. The number of para-hydroxylation sites is 2. The van der Waals surface area contributed by atoms with Crippen molar-refractivity contribution in [3.63, 3.8) is 0 Å². The molecule has 0 fully saturated rings. The van der Waals surface area contributed by atoms with Gasteiger partial charge in [0.05, 0.1) is 0 Å². The minimum atomic E-state index is 0.950. The second kappa shape index (κ2) is 8.45. The second-order valence-corrected chi connectivity index (χ2v) is 12.2. The van der Waals surface area contributed by atoms with Crippen LogP contribution in [-0.2, 0) is 13.1 Å². The van der Waals surface area contributed by atoms with Gasteiger partial charge in [-0.3, -0.25) is 0 Å². The van der Waals surface area contributed by atoms with Crippen molar-refractivity contribution in [2.75, 3.05) is 0 Å². The van der Waals surface area contributed by atoms with Gasteiger partial charge in [0.2, 0.25) is 0 Å². The summed E-state index contributed by atoms with van der Waals surface area (Å²) in [6.07, 6.45) is 0. The topological polar surface area (TPSA) is 9.86 Å². The third-order valence-electron chi connectivity index (χ3n) is 9.07. The van der Waals surface area contributed by atoms with E-state index in [1.165, 1.54) is 85.7 Å². The van der Waals surface area contributed by atoms with Gasteiger partial charge in [-0.2, -0.15) is 0 Å². The van der Waals surface area contributed by atoms with E-state index in [1.807, 2.05) is 11.3 Å². The largest absolute Gasteiger partial charge is 0.341 e. The molecule has 0 atom stereocenters. The fraction of sp³-hybridized carbons (Fsp3) is 0.105. The van der Waals surface area contributed by atoms with E-state index in [4.69, 9.17) is 0 Å². The number of benzene rings is 6. The molecule has 0 N–H and O–H groups in total. The predicted molar refractivity (Wildman–Crippen MR) is 180 cm³/mol. The Morgan fingerprint density at radius 2 is 1.10 bits per heavy atom. The van der Waals surface area contributed by atoms with E-state index in [9.17, 15) is 0 Å². The van der Waals surface area contributed by atoms with E-state index in [2.05, 4.69) is 132 Å². The normalized spacial score (nSPS) is 12.3. The van der Waals surface area contributed by atoms with Crippen LogP contribution in [0.2, 0.25) is 0 Å². The standard InChI is InChI=1S/C38H28N2S/c1-3-39-31-14-8-5-11-25(31)29-19-23(17-18-33(29)39)37-28-22-30-26-12-6-9-15-32(26)40(4-2)34(30)20-24(28)21-36-38(37)27-13-7-10-16-35(27)41-36/h5-22H,3-4H2,1-2H3. The van der Waals surface area contributed by atoms with Crippen molar-refractivity contribution in [3.8, 4) is 11.1 Å². The molecule has 6 aromatic carbocycles. The van der Waals surface area contributed by atoms with Crippen LogP contribution in [0, 0.1) is 0 Å². The number of aryl methyl sites for hydroxylation is 2. The van der Waals surface area contributed by atoms with Crippen LogP contribution < -0.4 is 0 Å². The van der Waals surface area contributed by atoms with Crippen LogP contribution in [-0.4, -0.2) is 9.13 Å². The molecule has 0 saturated carbocycles. The monoisotopic (exact) mass is 544 g/mol. The van der Waals surface area contributed by atoms with Gasteiger partial charge in [0.1, 0.15) is 0 Å². The Hall–Kier alpha value is -4.60. The first kappa shape index (κ1) is 23.1. The van der Waals surface area contributed by atoms with Crippen molar-refractivity contribution in [1.29, 1.82) is 0 Å². The number of hydrogen-bond donors (Lipinski definition) is 0. The zero-order chi connectivity index (χ0) is 27.2. The SMILES string of the molecule is CCn1c2ccccc2c2cc(-c3c4cc5c6ccccc6n(CC)c5cc4cc4sc5ccccc5c34)ccc21. The van der Waals surface area contributed by atoms with Crippen LogP contribution >= 0.6 is 11.3 Å². The molecule has 0 amide bonds. The highest BCUT2D eigenvalue weighted by molar-refractivity contribution is 7.26. The lowest BCUT2D eigenvalue weighted by molar-refractivity contribution is 0.827. The highest BCUT2D eigenvalue weighted by Gasteiger charge is 2.19. The summed E-state index contributed by atoms with van der Waals surface area (Å²) in [4.78, 5) is 0. The van der Waals surface area contributed by atoms with Crippen LogP contribution in [0.1, 0.15) is 13.8 Å². The third-order valence-corrected chi connectivity index (χ3v) is 10.2. The van der Waals surface area contributed by atoms with Gasteiger partial charge in [0, 0.05) is 76.9 Å². The van der Waals surface area contributed by atoms with Gasteiger partial charge < -0.3 is 9.13 Å². The number of nitrogens with zero attached hydrogens (tertiary/aromatic N) is 2. The van der Waals surface area contributed by atoms with Gasteiger partial charge in [-0.25, -0.2) is 0 Å². The molecule has 9 aromatic rings. The Kier molecular flexibility index (Phi) is 4.77. The lowest BCUT2D eigenvalue weighted by atomic mass is 9.91. The fourth-order valence-electron chi connectivity index (χ4n) is 7.34. The number of fused-ring (bicyclic) bond motifs is 10.